The molecule has 35 heavy (non-hydrogen) atoms. The van der Waals surface area contributed by atoms with Gasteiger partial charge in [0.2, 0.25) is 5.91 Å². The third kappa shape index (κ3) is 7.00. The zero-order chi connectivity index (χ0) is 25.6. The van der Waals surface area contributed by atoms with E-state index in [1.165, 1.54) is 4.90 Å². The van der Waals surface area contributed by atoms with Crippen LogP contribution in [-0.4, -0.2) is 48.1 Å². The van der Waals surface area contributed by atoms with Crippen LogP contribution in [0.2, 0.25) is 0 Å². The van der Waals surface area contributed by atoms with Gasteiger partial charge in [0.1, 0.15) is 23.9 Å². The Morgan fingerprint density at radius 1 is 1.11 bits per heavy atom. The van der Waals surface area contributed by atoms with Crippen LogP contribution in [0.15, 0.2) is 48.5 Å². The van der Waals surface area contributed by atoms with Gasteiger partial charge >= 0.3 is 6.09 Å². The fourth-order valence-electron chi connectivity index (χ4n) is 3.63. The van der Waals surface area contributed by atoms with Gasteiger partial charge in [-0.25, -0.2) is 4.79 Å². The van der Waals surface area contributed by atoms with Crippen LogP contribution in [0.25, 0.3) is 0 Å². The number of terminal acetylenes is 1. The number of anilines is 1. The Morgan fingerprint density at radius 2 is 1.77 bits per heavy atom. The van der Waals surface area contributed by atoms with Gasteiger partial charge in [-0.15, -0.1) is 6.42 Å². The Bertz CT molecular complexity index is 1110. The molecule has 0 aliphatic heterocycles. The van der Waals surface area contributed by atoms with Gasteiger partial charge < -0.3 is 25.0 Å². The highest BCUT2D eigenvalue weighted by molar-refractivity contribution is 5.99. The molecule has 1 atom stereocenters. The maximum Gasteiger partial charge on any atom is 0.408 e. The third-order valence-corrected chi connectivity index (χ3v) is 5.31. The number of ether oxygens (including phenoxy) is 2. The number of alkyl carbamates (subject to hydrolysis) is 1. The number of benzene rings is 2. The minimum atomic E-state index is -0.982. The number of methoxy groups -OCH3 is 1. The van der Waals surface area contributed by atoms with Crippen molar-refractivity contribution in [1.29, 1.82) is 0 Å². The summed E-state index contributed by atoms with van der Waals surface area (Å²) in [5.41, 5.74) is 0.907. The molecule has 1 aliphatic rings. The van der Waals surface area contributed by atoms with Crippen LogP contribution in [0.3, 0.4) is 0 Å². The number of amides is 3. The molecule has 0 spiro atoms. The molecular weight excluding hydrogens is 446 g/mol. The molecule has 2 aromatic rings. The van der Waals surface area contributed by atoms with E-state index in [0.29, 0.717) is 22.6 Å². The zero-order valence-corrected chi connectivity index (χ0v) is 20.5. The second-order valence-corrected chi connectivity index (χ2v) is 9.24. The fraction of sp³-hybridized carbons (Fsp3) is 0.370. The molecule has 1 saturated carbocycles. The molecule has 2 aromatic carbocycles. The van der Waals surface area contributed by atoms with E-state index in [4.69, 9.17) is 15.9 Å². The van der Waals surface area contributed by atoms with Crippen molar-refractivity contribution in [3.8, 4) is 18.1 Å². The highest BCUT2D eigenvalue weighted by Crippen LogP contribution is 2.36. The first-order valence-corrected chi connectivity index (χ1v) is 11.4. The smallest absolute Gasteiger partial charge is 0.408 e. The lowest BCUT2D eigenvalue weighted by Gasteiger charge is -2.32. The number of carbonyl (C=O) groups excluding carboxylic acids is 3. The van der Waals surface area contributed by atoms with Gasteiger partial charge in [0.25, 0.3) is 5.91 Å². The van der Waals surface area contributed by atoms with E-state index in [2.05, 4.69) is 16.6 Å². The third-order valence-electron chi connectivity index (χ3n) is 5.31. The molecule has 0 bridgehead atoms. The van der Waals surface area contributed by atoms with Gasteiger partial charge in [-0.05, 0) is 69.5 Å². The van der Waals surface area contributed by atoms with Crippen LogP contribution in [0.5, 0.6) is 5.75 Å². The van der Waals surface area contributed by atoms with Gasteiger partial charge in [-0.1, -0.05) is 24.1 Å². The van der Waals surface area contributed by atoms with E-state index in [-0.39, 0.29) is 12.6 Å². The van der Waals surface area contributed by atoms with Crippen LogP contribution < -0.4 is 15.4 Å². The number of carbonyl (C=O) groups is 3. The lowest BCUT2D eigenvalue weighted by Crippen LogP contribution is -2.47. The van der Waals surface area contributed by atoms with Gasteiger partial charge in [-0.2, -0.15) is 0 Å². The summed E-state index contributed by atoms with van der Waals surface area (Å²) in [5, 5.41) is 5.39. The second-order valence-electron chi connectivity index (χ2n) is 9.24. The quantitative estimate of drug-likeness (QED) is 0.563. The average Bonchev–Trinajstić information content (AvgIpc) is 3.65. The molecule has 8 heteroatoms. The largest absolute Gasteiger partial charge is 0.497 e. The van der Waals surface area contributed by atoms with Crippen molar-refractivity contribution in [2.45, 2.75) is 51.3 Å². The van der Waals surface area contributed by atoms with Crippen LogP contribution in [0.1, 0.15) is 50.8 Å². The monoisotopic (exact) mass is 477 g/mol. The highest BCUT2D eigenvalue weighted by Gasteiger charge is 2.42. The lowest BCUT2D eigenvalue weighted by atomic mass is 9.98. The molecule has 1 unspecified atom stereocenters. The van der Waals surface area contributed by atoms with Crippen LogP contribution in [-0.2, 0) is 14.3 Å². The summed E-state index contributed by atoms with van der Waals surface area (Å²) < 4.78 is 10.4. The standard InChI is InChI=1S/C27H31N3O5/c1-6-18-9-7-8-10-22(18)24(25(32)29-19-11-15-21(34-5)16-12-19)30(20-13-14-20)23(31)17-28-26(33)35-27(2,3)4/h1,7-12,15-16,20,24H,13-14,17H2,2-5H3,(H,28,33)(H,29,32). The zero-order valence-electron chi connectivity index (χ0n) is 20.5. The molecule has 0 aromatic heterocycles. The Morgan fingerprint density at radius 3 is 2.34 bits per heavy atom. The van der Waals surface area contributed by atoms with Crippen LogP contribution in [0, 0.1) is 12.3 Å². The summed E-state index contributed by atoms with van der Waals surface area (Å²) in [7, 11) is 1.56. The second kappa shape index (κ2) is 11.0. The van der Waals surface area contributed by atoms with Gasteiger partial charge in [-0.3, -0.25) is 9.59 Å². The Labute approximate surface area is 206 Å². The van der Waals surface area contributed by atoms with Crippen molar-refractivity contribution in [3.63, 3.8) is 0 Å². The topological polar surface area (TPSA) is 97.0 Å². The summed E-state index contributed by atoms with van der Waals surface area (Å²) in [5.74, 6) is 2.46. The average molecular weight is 478 g/mol. The van der Waals surface area contributed by atoms with E-state index in [9.17, 15) is 14.4 Å². The first kappa shape index (κ1) is 25.6. The summed E-state index contributed by atoms with van der Waals surface area (Å²) in [6, 6.07) is 12.8. The highest BCUT2D eigenvalue weighted by atomic mass is 16.6. The molecule has 8 nitrogen and oxygen atoms in total. The first-order chi connectivity index (χ1) is 16.6. The van der Waals surface area contributed by atoms with Crippen molar-refractivity contribution in [3.05, 3.63) is 59.7 Å². The number of hydrogen-bond donors (Lipinski definition) is 2. The van der Waals surface area contributed by atoms with Gasteiger partial charge in [0, 0.05) is 17.3 Å². The van der Waals surface area contributed by atoms with E-state index in [1.807, 2.05) is 0 Å². The normalized spacial score (nSPS) is 13.7. The maximum atomic E-state index is 13.6. The number of hydrogen-bond acceptors (Lipinski definition) is 5. The number of nitrogens with one attached hydrogen (secondary N) is 2. The molecule has 3 amide bonds. The Kier molecular flexibility index (Phi) is 8.02. The number of rotatable bonds is 8. The SMILES string of the molecule is C#Cc1ccccc1C(C(=O)Nc1ccc(OC)cc1)N(C(=O)CNC(=O)OC(C)(C)C)C1CC1. The van der Waals surface area contributed by atoms with Crippen LogP contribution >= 0.6 is 0 Å². The van der Waals surface area contributed by atoms with E-state index in [1.54, 1.807) is 76.4 Å². The summed E-state index contributed by atoms with van der Waals surface area (Å²) in [6.45, 7) is 4.90. The molecule has 3 rings (SSSR count). The van der Waals surface area contributed by atoms with Crippen molar-refractivity contribution in [2.24, 2.45) is 0 Å². The number of nitrogens with zero attached hydrogens (tertiary/aromatic N) is 1. The first-order valence-electron chi connectivity index (χ1n) is 11.4. The predicted molar refractivity (Wildman–Crippen MR) is 133 cm³/mol. The van der Waals surface area contributed by atoms with Crippen molar-refractivity contribution in [2.75, 3.05) is 19.0 Å². The van der Waals surface area contributed by atoms with Crippen molar-refractivity contribution < 1.29 is 23.9 Å². The molecule has 1 fully saturated rings. The van der Waals surface area contributed by atoms with Crippen molar-refractivity contribution >= 4 is 23.6 Å². The lowest BCUT2D eigenvalue weighted by molar-refractivity contribution is -0.139. The summed E-state index contributed by atoms with van der Waals surface area (Å²) >= 11 is 0. The molecule has 0 radical (unpaired) electrons. The van der Waals surface area contributed by atoms with Gasteiger partial charge in [0.15, 0.2) is 0 Å². The molecule has 2 N–H and O–H groups in total. The van der Waals surface area contributed by atoms with Crippen molar-refractivity contribution in [1.82, 2.24) is 10.2 Å². The fourth-order valence-corrected chi connectivity index (χ4v) is 3.63. The van der Waals surface area contributed by atoms with E-state index in [0.717, 1.165) is 12.8 Å². The Balaban J connectivity index is 1.89. The molecule has 0 saturated heterocycles. The minimum absolute atomic E-state index is 0.139. The Hall–Kier alpha value is -3.99. The predicted octanol–water partition coefficient (Wildman–Crippen LogP) is 3.87. The molecule has 0 heterocycles. The summed E-state index contributed by atoms with van der Waals surface area (Å²) in [4.78, 5) is 40.6. The molecule has 184 valence electrons. The minimum Gasteiger partial charge on any atom is -0.497 e. The molecule has 1 aliphatic carbocycles. The van der Waals surface area contributed by atoms with E-state index < -0.39 is 29.6 Å². The summed E-state index contributed by atoms with van der Waals surface area (Å²) in [6.07, 6.45) is 6.53. The molecular formula is C27H31N3O5. The van der Waals surface area contributed by atoms with Gasteiger partial charge in [0.05, 0.1) is 7.11 Å². The maximum absolute atomic E-state index is 13.6. The van der Waals surface area contributed by atoms with E-state index >= 15 is 0 Å². The van der Waals surface area contributed by atoms with Crippen LogP contribution in [0.4, 0.5) is 10.5 Å².